The Morgan fingerprint density at radius 1 is 1.47 bits per heavy atom. The number of carbonyl (C=O) groups is 1. The fourth-order valence-electron chi connectivity index (χ4n) is 2.26. The van der Waals surface area contributed by atoms with Crippen molar-refractivity contribution < 1.29 is 23.4 Å². The smallest absolute Gasteiger partial charge is 0.320 e. The summed E-state index contributed by atoms with van der Waals surface area (Å²) in [6.07, 6.45) is -0.670. The zero-order chi connectivity index (χ0) is 12.8. The molecule has 5 heteroatoms. The predicted octanol–water partition coefficient (Wildman–Crippen LogP) is 2.37. The maximum absolute atomic E-state index is 13.4. The summed E-state index contributed by atoms with van der Waals surface area (Å²) in [5, 5.41) is 9.10. The van der Waals surface area contributed by atoms with E-state index in [0.29, 0.717) is 5.56 Å². The van der Waals surface area contributed by atoms with Crippen molar-refractivity contribution in [2.24, 2.45) is 0 Å². The average molecular weight is 242 g/mol. The molecule has 1 aromatic carbocycles. The second kappa shape index (κ2) is 3.42. The quantitative estimate of drug-likeness (QED) is 0.885. The number of ether oxygens (including phenoxy) is 1. The standard InChI is InChI=1S/C12H12F2O3/c1-7-4-3-5-8(17-2)9(7)11(10(15)16)6-12(11,13)14/h3-5H,6H2,1-2H3,(H,15,16). The Balaban J connectivity index is 2.65. The van der Waals surface area contributed by atoms with Crippen LogP contribution in [0.3, 0.4) is 0 Å². The lowest BCUT2D eigenvalue weighted by Crippen LogP contribution is -2.28. The molecular weight excluding hydrogens is 230 g/mol. The van der Waals surface area contributed by atoms with E-state index in [1.807, 2.05) is 0 Å². The summed E-state index contributed by atoms with van der Waals surface area (Å²) < 4.78 is 31.9. The number of methoxy groups -OCH3 is 1. The predicted molar refractivity (Wildman–Crippen MR) is 56.6 cm³/mol. The molecule has 0 aliphatic heterocycles. The molecule has 0 aromatic heterocycles. The third-order valence-electron chi connectivity index (χ3n) is 3.23. The van der Waals surface area contributed by atoms with E-state index >= 15 is 0 Å². The van der Waals surface area contributed by atoms with Gasteiger partial charge in [-0.3, -0.25) is 4.79 Å². The number of carboxylic acids is 1. The summed E-state index contributed by atoms with van der Waals surface area (Å²) in [6.45, 7) is 1.61. The van der Waals surface area contributed by atoms with Gasteiger partial charge in [0.25, 0.3) is 5.92 Å². The lowest BCUT2D eigenvalue weighted by molar-refractivity contribution is -0.143. The molecule has 0 saturated heterocycles. The van der Waals surface area contributed by atoms with Crippen LogP contribution in [0.2, 0.25) is 0 Å². The lowest BCUT2D eigenvalue weighted by Gasteiger charge is -2.18. The van der Waals surface area contributed by atoms with Crippen LogP contribution < -0.4 is 4.74 Å². The van der Waals surface area contributed by atoms with Crippen molar-refractivity contribution in [3.63, 3.8) is 0 Å². The number of aryl methyl sites for hydroxylation is 1. The SMILES string of the molecule is COc1cccc(C)c1C1(C(=O)O)CC1(F)F. The Hall–Kier alpha value is -1.65. The fraction of sp³-hybridized carbons (Fsp3) is 0.417. The van der Waals surface area contributed by atoms with E-state index in [2.05, 4.69) is 0 Å². The van der Waals surface area contributed by atoms with Crippen LogP contribution in [0, 0.1) is 6.92 Å². The molecule has 1 atom stereocenters. The van der Waals surface area contributed by atoms with Gasteiger partial charge < -0.3 is 9.84 Å². The number of aliphatic carboxylic acids is 1. The first-order chi connectivity index (χ1) is 7.87. The molecule has 1 N–H and O–H groups in total. The summed E-state index contributed by atoms with van der Waals surface area (Å²) >= 11 is 0. The highest BCUT2D eigenvalue weighted by molar-refractivity contribution is 5.89. The van der Waals surface area contributed by atoms with Crippen molar-refractivity contribution in [2.45, 2.75) is 24.7 Å². The summed E-state index contributed by atoms with van der Waals surface area (Å²) in [6, 6.07) is 4.76. The average Bonchev–Trinajstić information content (AvgIpc) is 2.82. The van der Waals surface area contributed by atoms with Crippen LogP contribution in [-0.4, -0.2) is 24.1 Å². The molecule has 0 spiro atoms. The molecule has 1 fully saturated rings. The first-order valence-electron chi connectivity index (χ1n) is 5.12. The highest BCUT2D eigenvalue weighted by Crippen LogP contribution is 2.64. The maximum atomic E-state index is 13.4. The number of halogens is 2. The van der Waals surface area contributed by atoms with E-state index in [9.17, 15) is 13.6 Å². The van der Waals surface area contributed by atoms with Crippen molar-refractivity contribution in [1.82, 2.24) is 0 Å². The Labute approximate surface area is 97.0 Å². The molecule has 17 heavy (non-hydrogen) atoms. The number of hydrogen-bond acceptors (Lipinski definition) is 2. The molecule has 0 amide bonds. The topological polar surface area (TPSA) is 46.5 Å². The van der Waals surface area contributed by atoms with Gasteiger partial charge in [-0.25, -0.2) is 8.78 Å². The maximum Gasteiger partial charge on any atom is 0.320 e. The lowest BCUT2D eigenvalue weighted by atomic mass is 9.90. The van der Waals surface area contributed by atoms with Gasteiger partial charge in [-0.2, -0.15) is 0 Å². The number of rotatable bonds is 3. The first-order valence-corrected chi connectivity index (χ1v) is 5.12. The summed E-state index contributed by atoms with van der Waals surface area (Å²) in [7, 11) is 1.34. The number of alkyl halides is 2. The molecule has 1 saturated carbocycles. The van der Waals surface area contributed by atoms with Crippen LogP contribution in [0.25, 0.3) is 0 Å². The van der Waals surface area contributed by atoms with Crippen molar-refractivity contribution in [2.75, 3.05) is 7.11 Å². The van der Waals surface area contributed by atoms with Gasteiger partial charge >= 0.3 is 5.97 Å². The van der Waals surface area contributed by atoms with Crippen LogP contribution in [0.5, 0.6) is 5.75 Å². The number of hydrogen-bond donors (Lipinski definition) is 1. The van der Waals surface area contributed by atoms with E-state index in [0.717, 1.165) is 0 Å². The molecule has 0 bridgehead atoms. The van der Waals surface area contributed by atoms with Crippen LogP contribution in [0.1, 0.15) is 17.5 Å². The summed E-state index contributed by atoms with van der Waals surface area (Å²) in [5.74, 6) is -4.52. The van der Waals surface area contributed by atoms with Gasteiger partial charge in [-0.05, 0) is 18.6 Å². The van der Waals surface area contributed by atoms with Crippen LogP contribution in [-0.2, 0) is 10.2 Å². The third kappa shape index (κ3) is 1.41. The van der Waals surface area contributed by atoms with Gasteiger partial charge in [0.05, 0.1) is 7.11 Å². The summed E-state index contributed by atoms with van der Waals surface area (Å²) in [4.78, 5) is 11.2. The van der Waals surface area contributed by atoms with E-state index in [-0.39, 0.29) is 11.3 Å². The first kappa shape index (κ1) is 11.8. The third-order valence-corrected chi connectivity index (χ3v) is 3.23. The van der Waals surface area contributed by atoms with Crippen LogP contribution in [0.15, 0.2) is 18.2 Å². The minimum atomic E-state index is -3.21. The Morgan fingerprint density at radius 2 is 2.06 bits per heavy atom. The molecule has 3 nitrogen and oxygen atoms in total. The van der Waals surface area contributed by atoms with Crippen LogP contribution >= 0.6 is 0 Å². The number of benzene rings is 1. The largest absolute Gasteiger partial charge is 0.496 e. The van der Waals surface area contributed by atoms with E-state index in [4.69, 9.17) is 9.84 Å². The molecule has 2 rings (SSSR count). The Bertz CT molecular complexity index is 485. The normalized spacial score (nSPS) is 25.4. The fourth-order valence-corrected chi connectivity index (χ4v) is 2.26. The van der Waals surface area contributed by atoms with Gasteiger partial charge in [-0.1, -0.05) is 12.1 Å². The van der Waals surface area contributed by atoms with Crippen molar-refractivity contribution in [3.05, 3.63) is 29.3 Å². The minimum Gasteiger partial charge on any atom is -0.496 e. The van der Waals surface area contributed by atoms with Crippen LogP contribution in [0.4, 0.5) is 8.78 Å². The molecule has 1 aliphatic carbocycles. The molecule has 1 aromatic rings. The molecular formula is C12H12F2O3. The molecule has 0 radical (unpaired) electrons. The van der Waals surface area contributed by atoms with E-state index in [1.165, 1.54) is 13.2 Å². The highest BCUT2D eigenvalue weighted by atomic mass is 19.3. The zero-order valence-corrected chi connectivity index (χ0v) is 9.46. The molecule has 1 aliphatic rings. The van der Waals surface area contributed by atoms with Gasteiger partial charge in [0.15, 0.2) is 5.41 Å². The van der Waals surface area contributed by atoms with Gasteiger partial charge in [0.2, 0.25) is 0 Å². The zero-order valence-electron chi connectivity index (χ0n) is 9.46. The Morgan fingerprint density at radius 3 is 2.47 bits per heavy atom. The minimum absolute atomic E-state index is 0.0833. The van der Waals surface area contributed by atoms with E-state index < -0.39 is 23.7 Å². The van der Waals surface area contributed by atoms with Gasteiger partial charge in [0.1, 0.15) is 5.75 Å². The van der Waals surface area contributed by atoms with Crippen molar-refractivity contribution in [1.29, 1.82) is 0 Å². The monoisotopic (exact) mass is 242 g/mol. The van der Waals surface area contributed by atoms with E-state index in [1.54, 1.807) is 19.1 Å². The van der Waals surface area contributed by atoms with Gasteiger partial charge in [-0.15, -0.1) is 0 Å². The molecule has 0 heterocycles. The molecule has 1 unspecified atom stereocenters. The highest BCUT2D eigenvalue weighted by Gasteiger charge is 2.78. The van der Waals surface area contributed by atoms with Crippen molar-refractivity contribution in [3.8, 4) is 5.75 Å². The second-order valence-corrected chi connectivity index (χ2v) is 4.24. The summed E-state index contributed by atoms with van der Waals surface area (Å²) in [5.41, 5.74) is -1.53. The molecule has 92 valence electrons. The van der Waals surface area contributed by atoms with Crippen molar-refractivity contribution >= 4 is 5.97 Å². The van der Waals surface area contributed by atoms with Gasteiger partial charge in [0, 0.05) is 12.0 Å². The second-order valence-electron chi connectivity index (χ2n) is 4.24. The Kier molecular flexibility index (Phi) is 2.38. The number of carboxylic acid groups (broad SMARTS) is 1.